The summed E-state index contributed by atoms with van der Waals surface area (Å²) >= 11 is 0. The molecule has 1 fully saturated rings. The number of hydrogen-bond donors (Lipinski definition) is 1. The van der Waals surface area contributed by atoms with Crippen molar-refractivity contribution in [1.29, 1.82) is 0 Å². The van der Waals surface area contributed by atoms with E-state index >= 15 is 0 Å². The molecular formula is C14H21NO3. The molecule has 0 atom stereocenters. The molecule has 4 nitrogen and oxygen atoms in total. The van der Waals surface area contributed by atoms with Crippen LogP contribution in [-0.4, -0.2) is 26.9 Å². The third kappa shape index (κ3) is 2.60. The lowest BCUT2D eigenvalue weighted by atomic mass is 10.0. The maximum Gasteiger partial charge on any atom is 0.166 e. The highest BCUT2D eigenvalue weighted by Crippen LogP contribution is 2.41. The molecule has 2 rings (SSSR count). The van der Waals surface area contributed by atoms with Crippen LogP contribution in [0.2, 0.25) is 0 Å². The lowest BCUT2D eigenvalue weighted by Crippen LogP contribution is -2.24. The Labute approximate surface area is 108 Å². The van der Waals surface area contributed by atoms with E-state index in [9.17, 15) is 0 Å². The molecule has 0 radical (unpaired) electrons. The van der Waals surface area contributed by atoms with E-state index < -0.39 is 0 Å². The second-order valence-corrected chi connectivity index (χ2v) is 4.92. The smallest absolute Gasteiger partial charge is 0.166 e. The normalized spacial score (nSPS) is 16.4. The molecule has 0 aromatic heterocycles. The molecule has 0 amide bonds. The van der Waals surface area contributed by atoms with Gasteiger partial charge in [0.25, 0.3) is 0 Å². The van der Waals surface area contributed by atoms with Crippen molar-refractivity contribution in [3.8, 4) is 11.5 Å². The Morgan fingerprint density at radius 1 is 1.06 bits per heavy atom. The van der Waals surface area contributed by atoms with E-state index in [2.05, 4.69) is 6.07 Å². The molecule has 4 heteroatoms. The van der Waals surface area contributed by atoms with Gasteiger partial charge in [0.1, 0.15) is 0 Å². The summed E-state index contributed by atoms with van der Waals surface area (Å²) in [5.41, 5.74) is 8.22. The molecule has 0 saturated heterocycles. The molecular weight excluding hydrogens is 230 g/mol. The molecule has 0 aliphatic heterocycles. The predicted octanol–water partition coefficient (Wildman–Crippen LogP) is 1.88. The summed E-state index contributed by atoms with van der Waals surface area (Å²) < 4.78 is 16.1. The molecule has 1 aromatic carbocycles. The average molecular weight is 251 g/mol. The Morgan fingerprint density at radius 2 is 1.61 bits per heavy atom. The summed E-state index contributed by atoms with van der Waals surface area (Å²) in [5, 5.41) is 0. The van der Waals surface area contributed by atoms with Gasteiger partial charge in [0.2, 0.25) is 0 Å². The van der Waals surface area contributed by atoms with Crippen LogP contribution in [-0.2, 0) is 17.8 Å². The summed E-state index contributed by atoms with van der Waals surface area (Å²) in [6.45, 7) is 0.508. The molecule has 0 unspecified atom stereocenters. The zero-order valence-electron chi connectivity index (χ0n) is 11.3. The first-order valence-electron chi connectivity index (χ1n) is 6.14. The first-order valence-corrected chi connectivity index (χ1v) is 6.14. The minimum atomic E-state index is -0.0406. The van der Waals surface area contributed by atoms with E-state index in [0.29, 0.717) is 6.61 Å². The lowest BCUT2D eigenvalue weighted by Gasteiger charge is -2.18. The third-order valence-corrected chi connectivity index (χ3v) is 3.42. The van der Waals surface area contributed by atoms with Gasteiger partial charge in [0.15, 0.2) is 11.5 Å². The number of ether oxygens (including phenoxy) is 3. The van der Waals surface area contributed by atoms with Crippen molar-refractivity contribution < 1.29 is 14.2 Å². The van der Waals surface area contributed by atoms with Gasteiger partial charge in [-0.05, 0) is 24.8 Å². The molecule has 1 aliphatic rings. The Kier molecular flexibility index (Phi) is 3.78. The highest BCUT2D eigenvalue weighted by molar-refractivity contribution is 5.52. The Morgan fingerprint density at radius 3 is 2.11 bits per heavy atom. The number of rotatable bonds is 6. The molecule has 1 saturated carbocycles. The standard InChI is InChI=1S/C14H21NO3/c1-16-9-11-5-4-10(8-14(15)6-7-14)12(17-2)13(11)18-3/h4-5H,6-9,15H2,1-3H3. The van der Waals surface area contributed by atoms with E-state index in [1.54, 1.807) is 21.3 Å². The van der Waals surface area contributed by atoms with E-state index in [1.807, 2.05) is 6.07 Å². The maximum atomic E-state index is 6.17. The molecule has 100 valence electrons. The quantitative estimate of drug-likeness (QED) is 0.838. The number of benzene rings is 1. The van der Waals surface area contributed by atoms with Crippen molar-refractivity contribution in [3.63, 3.8) is 0 Å². The maximum absolute atomic E-state index is 6.17. The lowest BCUT2D eigenvalue weighted by molar-refractivity contribution is 0.180. The van der Waals surface area contributed by atoms with Crippen LogP contribution in [0.1, 0.15) is 24.0 Å². The zero-order valence-corrected chi connectivity index (χ0v) is 11.3. The highest BCUT2D eigenvalue weighted by Gasteiger charge is 2.39. The van der Waals surface area contributed by atoms with Crippen LogP contribution in [0.4, 0.5) is 0 Å². The summed E-state index contributed by atoms with van der Waals surface area (Å²) in [5.74, 6) is 1.53. The first-order chi connectivity index (χ1) is 8.63. The second kappa shape index (κ2) is 5.16. The zero-order chi connectivity index (χ0) is 13.2. The van der Waals surface area contributed by atoms with Crippen molar-refractivity contribution in [3.05, 3.63) is 23.3 Å². The topological polar surface area (TPSA) is 53.7 Å². The van der Waals surface area contributed by atoms with E-state index in [-0.39, 0.29) is 5.54 Å². The van der Waals surface area contributed by atoms with Crippen LogP contribution in [0.3, 0.4) is 0 Å². The van der Waals surface area contributed by atoms with Gasteiger partial charge >= 0.3 is 0 Å². The Hall–Kier alpha value is -1.26. The van der Waals surface area contributed by atoms with Gasteiger partial charge in [-0.3, -0.25) is 0 Å². The monoisotopic (exact) mass is 251 g/mol. The van der Waals surface area contributed by atoms with Crippen LogP contribution in [0.25, 0.3) is 0 Å². The van der Waals surface area contributed by atoms with Gasteiger partial charge in [0, 0.05) is 18.2 Å². The van der Waals surface area contributed by atoms with Crippen LogP contribution in [0.15, 0.2) is 12.1 Å². The largest absolute Gasteiger partial charge is 0.493 e. The van der Waals surface area contributed by atoms with Gasteiger partial charge in [0.05, 0.1) is 20.8 Å². The summed E-state index contributed by atoms with van der Waals surface area (Å²) in [6.07, 6.45) is 3.00. The van der Waals surface area contributed by atoms with Crippen LogP contribution in [0, 0.1) is 0 Å². The van der Waals surface area contributed by atoms with Crippen LogP contribution in [0.5, 0.6) is 11.5 Å². The molecule has 0 bridgehead atoms. The summed E-state index contributed by atoms with van der Waals surface area (Å²) in [6, 6.07) is 4.08. The van der Waals surface area contributed by atoms with Gasteiger partial charge in [-0.2, -0.15) is 0 Å². The molecule has 2 N–H and O–H groups in total. The first kappa shape index (κ1) is 13.2. The van der Waals surface area contributed by atoms with Crippen molar-refractivity contribution in [2.75, 3.05) is 21.3 Å². The van der Waals surface area contributed by atoms with Gasteiger partial charge < -0.3 is 19.9 Å². The molecule has 1 aromatic rings. The minimum absolute atomic E-state index is 0.0406. The summed E-state index contributed by atoms with van der Waals surface area (Å²) in [7, 11) is 4.98. The number of hydrogen-bond acceptors (Lipinski definition) is 4. The van der Waals surface area contributed by atoms with Crippen LogP contribution < -0.4 is 15.2 Å². The van der Waals surface area contributed by atoms with E-state index in [4.69, 9.17) is 19.9 Å². The molecule has 0 heterocycles. The van der Waals surface area contributed by atoms with E-state index in [0.717, 1.165) is 41.9 Å². The molecule has 18 heavy (non-hydrogen) atoms. The van der Waals surface area contributed by atoms with Gasteiger partial charge in [-0.15, -0.1) is 0 Å². The fraction of sp³-hybridized carbons (Fsp3) is 0.571. The van der Waals surface area contributed by atoms with Crippen molar-refractivity contribution in [2.24, 2.45) is 5.73 Å². The Bertz CT molecular complexity index is 427. The summed E-state index contributed by atoms with van der Waals surface area (Å²) in [4.78, 5) is 0. The SMILES string of the molecule is COCc1ccc(CC2(N)CC2)c(OC)c1OC. The van der Waals surface area contributed by atoms with Gasteiger partial charge in [-0.1, -0.05) is 12.1 Å². The van der Waals surface area contributed by atoms with Crippen molar-refractivity contribution in [2.45, 2.75) is 31.4 Å². The van der Waals surface area contributed by atoms with Crippen molar-refractivity contribution >= 4 is 0 Å². The molecule has 1 aliphatic carbocycles. The Balaban J connectivity index is 2.35. The highest BCUT2D eigenvalue weighted by atomic mass is 16.5. The number of nitrogens with two attached hydrogens (primary N) is 1. The third-order valence-electron chi connectivity index (χ3n) is 3.42. The van der Waals surface area contributed by atoms with Crippen LogP contribution >= 0.6 is 0 Å². The molecule has 0 spiro atoms. The second-order valence-electron chi connectivity index (χ2n) is 4.92. The average Bonchev–Trinajstić information content (AvgIpc) is 3.08. The van der Waals surface area contributed by atoms with Crippen molar-refractivity contribution in [1.82, 2.24) is 0 Å². The fourth-order valence-corrected chi connectivity index (χ4v) is 2.22. The predicted molar refractivity (Wildman–Crippen MR) is 70.1 cm³/mol. The van der Waals surface area contributed by atoms with E-state index in [1.165, 1.54) is 0 Å². The minimum Gasteiger partial charge on any atom is -0.493 e. The van der Waals surface area contributed by atoms with Gasteiger partial charge in [-0.25, -0.2) is 0 Å². The fourth-order valence-electron chi connectivity index (χ4n) is 2.22. The number of methoxy groups -OCH3 is 3.